The highest BCUT2D eigenvalue weighted by atomic mass is 32.2. The summed E-state index contributed by atoms with van der Waals surface area (Å²) in [6, 6.07) is 8.00. The fraction of sp³-hybridized carbons (Fsp3) is 0.556. The summed E-state index contributed by atoms with van der Waals surface area (Å²) in [5.41, 5.74) is 2.87. The van der Waals surface area contributed by atoms with Gasteiger partial charge in [-0.3, -0.25) is 4.99 Å². The average Bonchev–Trinajstić information content (AvgIpc) is 3.19. The van der Waals surface area contributed by atoms with Crippen LogP contribution in [0.4, 0.5) is 0 Å². The molecule has 0 radical (unpaired) electrons. The lowest BCUT2D eigenvalue weighted by atomic mass is 9.72. The van der Waals surface area contributed by atoms with Gasteiger partial charge in [-0.15, -0.1) is 4.59 Å². The zero-order valence-corrected chi connectivity index (χ0v) is 22.0. The molecule has 3 fully saturated rings. The Balaban J connectivity index is 1.15. The zero-order chi connectivity index (χ0) is 25.5. The van der Waals surface area contributed by atoms with Crippen LogP contribution in [-0.4, -0.2) is 80.4 Å². The third kappa shape index (κ3) is 5.18. The number of allylic oxidation sites excluding steroid dienone is 2. The summed E-state index contributed by atoms with van der Waals surface area (Å²) in [5.74, 6) is 9.94. The molecule has 1 aliphatic carbocycles. The van der Waals surface area contributed by atoms with E-state index in [0.29, 0.717) is 31.5 Å². The normalized spacial score (nSPS) is 33.1. The molecule has 1 aromatic rings. The monoisotopic (exact) mass is 526 g/mol. The van der Waals surface area contributed by atoms with Crippen LogP contribution in [0, 0.1) is 11.8 Å². The highest BCUT2D eigenvalue weighted by Gasteiger charge is 2.48. The quantitative estimate of drug-likeness (QED) is 0.432. The Labute approximate surface area is 218 Å². The van der Waals surface area contributed by atoms with Gasteiger partial charge in [0.2, 0.25) is 5.70 Å². The van der Waals surface area contributed by atoms with Crippen molar-refractivity contribution >= 4 is 21.9 Å². The second kappa shape index (κ2) is 10.1. The first-order valence-corrected chi connectivity index (χ1v) is 15.2. The number of benzene rings is 1. The Morgan fingerprint density at radius 1 is 1.19 bits per heavy atom. The number of fused-ring (bicyclic) bond motifs is 1. The molecule has 0 amide bonds. The second-order valence-electron chi connectivity index (χ2n) is 10.9. The predicted octanol–water partition coefficient (Wildman–Crippen LogP) is 2.61. The number of nitrogens with two attached hydrogens (primary N) is 1. The van der Waals surface area contributed by atoms with Crippen LogP contribution in [0.3, 0.4) is 0 Å². The van der Waals surface area contributed by atoms with E-state index in [1.807, 2.05) is 36.7 Å². The van der Waals surface area contributed by atoms with Gasteiger partial charge in [0.15, 0.2) is 9.84 Å². The van der Waals surface area contributed by atoms with E-state index in [1.54, 1.807) is 6.20 Å². The summed E-state index contributed by atoms with van der Waals surface area (Å²) in [5, 5.41) is 0. The first-order valence-electron chi connectivity index (χ1n) is 13.4. The number of hydrogen-bond donors (Lipinski definition) is 1. The van der Waals surface area contributed by atoms with Gasteiger partial charge < -0.3 is 14.4 Å². The maximum absolute atomic E-state index is 11.7. The number of sulfone groups is 1. The van der Waals surface area contributed by atoms with Crippen LogP contribution >= 0.6 is 0 Å². The van der Waals surface area contributed by atoms with E-state index in [0.717, 1.165) is 67.4 Å². The maximum Gasteiger partial charge on any atom is 0.265 e. The van der Waals surface area contributed by atoms with Crippen molar-refractivity contribution in [1.29, 1.82) is 0 Å². The number of rotatable bonds is 7. The van der Waals surface area contributed by atoms with E-state index in [1.165, 1.54) is 6.42 Å². The summed E-state index contributed by atoms with van der Waals surface area (Å²) < 4.78 is 35.4. The highest BCUT2D eigenvalue weighted by molar-refractivity contribution is 7.91. The molecule has 9 nitrogen and oxygen atoms in total. The minimum Gasteiger partial charge on any atom is -0.491 e. The largest absolute Gasteiger partial charge is 0.491 e. The molecule has 2 N–H and O–H groups in total. The molecule has 6 rings (SSSR count). The number of quaternary nitrogens is 1. The minimum atomic E-state index is -2.85. The summed E-state index contributed by atoms with van der Waals surface area (Å²) in [4.78, 5) is 11.8. The molecule has 10 heteroatoms. The Morgan fingerprint density at radius 3 is 2.81 bits per heavy atom. The van der Waals surface area contributed by atoms with Crippen molar-refractivity contribution < 1.29 is 22.5 Å². The lowest BCUT2D eigenvalue weighted by Gasteiger charge is -2.39. The van der Waals surface area contributed by atoms with Gasteiger partial charge in [-0.1, -0.05) is 6.07 Å². The van der Waals surface area contributed by atoms with Crippen molar-refractivity contribution in [1.82, 2.24) is 4.90 Å². The molecule has 1 saturated carbocycles. The van der Waals surface area contributed by atoms with Gasteiger partial charge in [-0.05, 0) is 56.2 Å². The minimum absolute atomic E-state index is 0.0131. The topological polar surface area (TPSA) is 107 Å². The first kappa shape index (κ1) is 24.9. The molecule has 2 atom stereocenters. The summed E-state index contributed by atoms with van der Waals surface area (Å²) in [7, 11) is -2.85. The molecule has 37 heavy (non-hydrogen) atoms. The lowest BCUT2D eigenvalue weighted by Crippen LogP contribution is -2.53. The van der Waals surface area contributed by atoms with Crippen LogP contribution in [0.5, 0.6) is 5.75 Å². The van der Waals surface area contributed by atoms with E-state index in [9.17, 15) is 8.42 Å². The third-order valence-corrected chi connectivity index (χ3v) is 9.81. The van der Waals surface area contributed by atoms with Crippen LogP contribution in [-0.2, 0) is 14.6 Å². The number of amidine groups is 1. The molecule has 5 aliphatic rings. The number of nitrogens with zero attached hydrogens (tertiary/aromatic N) is 4. The number of hydrogen-bond acceptors (Lipinski definition) is 8. The van der Waals surface area contributed by atoms with Gasteiger partial charge >= 0.3 is 0 Å². The van der Waals surface area contributed by atoms with Crippen molar-refractivity contribution in [2.45, 2.75) is 38.2 Å². The highest BCUT2D eigenvalue weighted by Crippen LogP contribution is 2.45. The van der Waals surface area contributed by atoms with E-state index >= 15 is 0 Å². The van der Waals surface area contributed by atoms with Gasteiger partial charge in [-0.25, -0.2) is 8.42 Å². The van der Waals surface area contributed by atoms with Gasteiger partial charge in [0, 0.05) is 32.2 Å². The molecule has 2 saturated heterocycles. The SMILES string of the molecule is N[N+]12C=CN=CC1=C(C1CC(CN3CCS(=O)(=O)CC3)C1)N=C2c1cccc(OCC2CCCCO2)c1. The van der Waals surface area contributed by atoms with Gasteiger partial charge in [-0.2, -0.15) is 10.8 Å². The Bertz CT molecular complexity index is 1250. The predicted molar refractivity (Wildman–Crippen MR) is 142 cm³/mol. The molecule has 2 unspecified atom stereocenters. The maximum atomic E-state index is 11.7. The zero-order valence-electron chi connectivity index (χ0n) is 21.2. The molecule has 0 spiro atoms. The van der Waals surface area contributed by atoms with Gasteiger partial charge in [0.05, 0.1) is 35.6 Å². The van der Waals surface area contributed by atoms with E-state index in [2.05, 4.69) is 9.89 Å². The molecule has 4 heterocycles. The fourth-order valence-electron chi connectivity index (χ4n) is 5.97. The van der Waals surface area contributed by atoms with Crippen molar-refractivity contribution in [3.8, 4) is 5.75 Å². The van der Waals surface area contributed by atoms with Crippen LogP contribution in [0.2, 0.25) is 0 Å². The number of ether oxygens (including phenoxy) is 2. The molecule has 4 aliphatic heterocycles. The second-order valence-corrected chi connectivity index (χ2v) is 13.2. The molecular weight excluding hydrogens is 490 g/mol. The summed E-state index contributed by atoms with van der Waals surface area (Å²) in [6.45, 7) is 3.60. The smallest absolute Gasteiger partial charge is 0.265 e. The summed E-state index contributed by atoms with van der Waals surface area (Å²) >= 11 is 0. The average molecular weight is 527 g/mol. The fourth-order valence-corrected chi connectivity index (χ4v) is 7.24. The van der Waals surface area contributed by atoms with Crippen molar-refractivity contribution in [3.63, 3.8) is 0 Å². The van der Waals surface area contributed by atoms with Gasteiger partial charge in [0.1, 0.15) is 24.3 Å². The Kier molecular flexibility index (Phi) is 6.79. The van der Waals surface area contributed by atoms with E-state index in [-0.39, 0.29) is 22.2 Å². The first-order chi connectivity index (χ1) is 17.9. The van der Waals surface area contributed by atoms with Crippen LogP contribution in [0.25, 0.3) is 0 Å². The standard InChI is InChI=1S/C27H36N5O4S/c28-32-10-7-29-17-25(32)26(22-14-20(15-22)18-31-8-12-37(33,34)13-9-31)30-27(32)21-4-3-6-23(16-21)36-19-24-5-1-2-11-35-24/h3-4,6-7,10,16-17,20,22,24H,1-2,5,8-9,11-15,18-19,28H2/q+1. The van der Waals surface area contributed by atoms with E-state index < -0.39 is 9.84 Å². The lowest BCUT2D eigenvalue weighted by molar-refractivity contribution is -0.750. The summed E-state index contributed by atoms with van der Waals surface area (Å²) in [6.07, 6.45) is 11.0. The number of aliphatic imine (C=N–C) groups is 2. The van der Waals surface area contributed by atoms with Crippen LogP contribution in [0.15, 0.2) is 58.0 Å². The van der Waals surface area contributed by atoms with Crippen LogP contribution < -0.4 is 10.6 Å². The van der Waals surface area contributed by atoms with Crippen molar-refractivity contribution in [2.75, 3.05) is 44.4 Å². The van der Waals surface area contributed by atoms with Gasteiger partial charge in [0.25, 0.3) is 5.84 Å². The molecule has 0 bridgehead atoms. The third-order valence-electron chi connectivity index (χ3n) is 8.20. The van der Waals surface area contributed by atoms with Crippen molar-refractivity contribution in [3.05, 3.63) is 53.6 Å². The molecule has 198 valence electrons. The molecular formula is C27H36N5O4S+. The van der Waals surface area contributed by atoms with E-state index in [4.69, 9.17) is 20.3 Å². The molecule has 1 aromatic carbocycles. The molecule has 0 aromatic heterocycles. The Hall–Kier alpha value is -2.37. The van der Waals surface area contributed by atoms with Crippen LogP contribution in [0.1, 0.15) is 37.7 Å². The Morgan fingerprint density at radius 2 is 2.03 bits per heavy atom. The van der Waals surface area contributed by atoms with Crippen molar-refractivity contribution in [2.24, 2.45) is 27.7 Å².